The zero-order valence-electron chi connectivity index (χ0n) is 12.4. The highest BCUT2D eigenvalue weighted by molar-refractivity contribution is 9.10. The topological polar surface area (TPSA) is 40.6 Å². The summed E-state index contributed by atoms with van der Waals surface area (Å²) >= 11 is 3.45. The lowest BCUT2D eigenvalue weighted by molar-refractivity contribution is -0.114. The Bertz CT molecular complexity index is 607. The molecule has 2 aliphatic heterocycles. The van der Waals surface area contributed by atoms with Crippen LogP contribution in [0.25, 0.3) is 0 Å². The molecule has 0 unspecified atom stereocenters. The second-order valence-corrected chi connectivity index (χ2v) is 6.89. The molecule has 0 aromatic heterocycles. The van der Waals surface area contributed by atoms with Crippen molar-refractivity contribution in [3.05, 3.63) is 27.7 Å². The number of Topliss-reactive ketones (excluding diaryl/α,β-unsaturated/α-hetero) is 1. The van der Waals surface area contributed by atoms with Gasteiger partial charge >= 0.3 is 5.91 Å². The van der Waals surface area contributed by atoms with Crippen LogP contribution < -0.4 is 4.90 Å². The number of hydrogen-bond acceptors (Lipinski definition) is 3. The number of aryl methyl sites for hydroxylation is 1. The lowest BCUT2D eigenvalue weighted by Gasteiger charge is -2.33. The minimum absolute atomic E-state index is 0.397. The zero-order valence-corrected chi connectivity index (χ0v) is 13.9. The Morgan fingerprint density at radius 2 is 1.90 bits per heavy atom. The summed E-state index contributed by atoms with van der Waals surface area (Å²) < 4.78 is 0.744. The summed E-state index contributed by atoms with van der Waals surface area (Å²) in [6.07, 6.45) is 2.31. The Balaban J connectivity index is 1.86. The zero-order chi connectivity index (χ0) is 15.1. The first-order valence-electron chi connectivity index (χ1n) is 7.36. The molecule has 21 heavy (non-hydrogen) atoms. The summed E-state index contributed by atoms with van der Waals surface area (Å²) in [5, 5.41) is 0. The first-order valence-corrected chi connectivity index (χ1v) is 8.16. The van der Waals surface area contributed by atoms with Gasteiger partial charge in [0.1, 0.15) is 0 Å². The van der Waals surface area contributed by atoms with Crippen LogP contribution in [0.1, 0.15) is 35.7 Å². The molecule has 1 aromatic rings. The van der Waals surface area contributed by atoms with Gasteiger partial charge in [0, 0.05) is 17.6 Å². The highest BCUT2D eigenvalue weighted by Gasteiger charge is 2.38. The monoisotopic (exact) mass is 350 g/mol. The van der Waals surface area contributed by atoms with Gasteiger partial charge in [-0.2, -0.15) is 0 Å². The van der Waals surface area contributed by atoms with Crippen molar-refractivity contribution < 1.29 is 9.59 Å². The van der Waals surface area contributed by atoms with E-state index in [-0.39, 0.29) is 0 Å². The van der Waals surface area contributed by atoms with Crippen molar-refractivity contribution >= 4 is 33.3 Å². The van der Waals surface area contributed by atoms with E-state index in [9.17, 15) is 9.59 Å². The minimum atomic E-state index is -0.407. The van der Waals surface area contributed by atoms with Gasteiger partial charge in [-0.3, -0.25) is 19.4 Å². The van der Waals surface area contributed by atoms with E-state index in [0.717, 1.165) is 47.6 Å². The van der Waals surface area contributed by atoms with Crippen molar-refractivity contribution in [2.75, 3.05) is 24.7 Å². The van der Waals surface area contributed by atoms with Gasteiger partial charge in [-0.25, -0.2) is 0 Å². The maximum absolute atomic E-state index is 12.3. The molecule has 112 valence electrons. The van der Waals surface area contributed by atoms with E-state index in [1.54, 1.807) is 4.90 Å². The van der Waals surface area contributed by atoms with Crippen LogP contribution in [0.2, 0.25) is 0 Å². The van der Waals surface area contributed by atoms with Gasteiger partial charge in [0.15, 0.2) is 0 Å². The van der Waals surface area contributed by atoms with Crippen LogP contribution in [0.15, 0.2) is 16.6 Å². The van der Waals surface area contributed by atoms with Gasteiger partial charge < -0.3 is 0 Å². The number of nitrogens with zero attached hydrogens (tertiary/aromatic N) is 2. The van der Waals surface area contributed by atoms with E-state index < -0.39 is 11.7 Å². The van der Waals surface area contributed by atoms with Crippen LogP contribution in [0.3, 0.4) is 0 Å². The lowest BCUT2D eigenvalue weighted by atomic mass is 10.00. The number of piperidine rings is 1. The van der Waals surface area contributed by atoms with Gasteiger partial charge in [0.2, 0.25) is 0 Å². The fourth-order valence-electron chi connectivity index (χ4n) is 2.99. The number of carbonyl (C=O) groups is 2. The minimum Gasteiger partial charge on any atom is -0.291 e. The fourth-order valence-corrected chi connectivity index (χ4v) is 3.51. The van der Waals surface area contributed by atoms with Gasteiger partial charge in [-0.15, -0.1) is 0 Å². The van der Waals surface area contributed by atoms with Crippen LogP contribution in [0, 0.1) is 12.8 Å². The number of rotatable bonds is 2. The van der Waals surface area contributed by atoms with Crippen molar-refractivity contribution in [1.82, 2.24) is 4.90 Å². The number of fused-ring (bicyclic) bond motifs is 1. The Morgan fingerprint density at radius 1 is 1.24 bits per heavy atom. The van der Waals surface area contributed by atoms with Crippen molar-refractivity contribution in [1.29, 1.82) is 0 Å². The molecular weight excluding hydrogens is 332 g/mol. The molecule has 0 saturated carbocycles. The van der Waals surface area contributed by atoms with Crippen molar-refractivity contribution in [3.8, 4) is 0 Å². The fraction of sp³-hybridized carbons (Fsp3) is 0.500. The Kier molecular flexibility index (Phi) is 3.88. The molecule has 0 radical (unpaired) electrons. The quantitative estimate of drug-likeness (QED) is 0.770. The van der Waals surface area contributed by atoms with Crippen LogP contribution in [0.4, 0.5) is 5.69 Å². The van der Waals surface area contributed by atoms with Gasteiger partial charge in [-0.05, 0) is 53.2 Å². The standard InChI is InChI=1S/C16H19BrN2O2/c1-10-5-7-18(8-6-10)9-19-12-4-3-11(2)14(17)13(12)15(20)16(19)21/h3-4,10H,5-9H2,1-2H3. The van der Waals surface area contributed by atoms with E-state index in [1.807, 2.05) is 19.1 Å². The Hall–Kier alpha value is -1.20. The smallest absolute Gasteiger partial charge is 0.291 e. The van der Waals surface area contributed by atoms with Gasteiger partial charge in [-0.1, -0.05) is 13.0 Å². The van der Waals surface area contributed by atoms with E-state index in [0.29, 0.717) is 12.2 Å². The molecule has 2 heterocycles. The number of benzene rings is 1. The molecule has 1 saturated heterocycles. The highest BCUT2D eigenvalue weighted by Crippen LogP contribution is 2.36. The second-order valence-electron chi connectivity index (χ2n) is 6.09. The molecule has 1 aromatic carbocycles. The van der Waals surface area contributed by atoms with E-state index >= 15 is 0 Å². The maximum atomic E-state index is 12.3. The molecule has 1 amide bonds. The largest absolute Gasteiger partial charge is 0.300 e. The SMILES string of the molecule is Cc1ccc2c(c1Br)C(=O)C(=O)N2CN1CCC(C)CC1. The van der Waals surface area contributed by atoms with E-state index in [4.69, 9.17) is 0 Å². The molecule has 0 bridgehead atoms. The first-order chi connectivity index (χ1) is 9.99. The summed E-state index contributed by atoms with van der Waals surface area (Å²) in [6.45, 7) is 6.68. The molecule has 4 nitrogen and oxygen atoms in total. The molecule has 3 rings (SSSR count). The third-order valence-electron chi connectivity index (χ3n) is 4.49. The van der Waals surface area contributed by atoms with Gasteiger partial charge in [0.25, 0.3) is 5.78 Å². The highest BCUT2D eigenvalue weighted by atomic mass is 79.9. The number of carbonyl (C=O) groups excluding carboxylic acids is 2. The Morgan fingerprint density at radius 3 is 2.57 bits per heavy atom. The number of ketones is 1. The average molecular weight is 351 g/mol. The summed E-state index contributed by atoms with van der Waals surface area (Å²) in [5.74, 6) is -0.0536. The number of hydrogen-bond donors (Lipinski definition) is 0. The molecule has 0 atom stereocenters. The molecule has 0 N–H and O–H groups in total. The summed E-state index contributed by atoms with van der Waals surface area (Å²) in [5.41, 5.74) is 2.23. The van der Waals surface area contributed by atoms with E-state index in [2.05, 4.69) is 27.8 Å². The molecule has 0 aliphatic carbocycles. The summed E-state index contributed by atoms with van der Waals surface area (Å²) in [6, 6.07) is 3.82. The summed E-state index contributed by atoms with van der Waals surface area (Å²) in [7, 11) is 0. The number of amides is 1. The molecule has 1 fully saturated rings. The van der Waals surface area contributed by atoms with Gasteiger partial charge in [0.05, 0.1) is 17.9 Å². The number of likely N-dealkylation sites (tertiary alicyclic amines) is 1. The van der Waals surface area contributed by atoms with Crippen LogP contribution in [-0.4, -0.2) is 36.3 Å². The predicted octanol–water partition coefficient (Wildman–Crippen LogP) is 2.98. The third-order valence-corrected chi connectivity index (χ3v) is 5.51. The molecular formula is C16H19BrN2O2. The maximum Gasteiger partial charge on any atom is 0.300 e. The Labute approximate surface area is 133 Å². The second kappa shape index (κ2) is 5.54. The first kappa shape index (κ1) is 14.7. The van der Waals surface area contributed by atoms with Crippen molar-refractivity contribution in [3.63, 3.8) is 0 Å². The molecule has 0 spiro atoms. The summed E-state index contributed by atoms with van der Waals surface area (Å²) in [4.78, 5) is 28.4. The number of halogens is 1. The molecule has 2 aliphatic rings. The number of anilines is 1. The average Bonchev–Trinajstić information content (AvgIpc) is 2.70. The van der Waals surface area contributed by atoms with Crippen LogP contribution >= 0.6 is 15.9 Å². The predicted molar refractivity (Wildman–Crippen MR) is 85.5 cm³/mol. The van der Waals surface area contributed by atoms with Crippen LogP contribution in [0.5, 0.6) is 0 Å². The van der Waals surface area contributed by atoms with Crippen molar-refractivity contribution in [2.24, 2.45) is 5.92 Å². The normalized spacial score (nSPS) is 20.2. The van der Waals surface area contributed by atoms with Crippen molar-refractivity contribution in [2.45, 2.75) is 26.7 Å². The lowest BCUT2D eigenvalue weighted by Crippen LogP contribution is -2.44. The molecule has 5 heteroatoms. The van der Waals surface area contributed by atoms with E-state index in [1.165, 1.54) is 0 Å². The third kappa shape index (κ3) is 2.53. The van der Waals surface area contributed by atoms with Crippen LogP contribution in [-0.2, 0) is 4.79 Å².